The van der Waals surface area contributed by atoms with Crippen LogP contribution in [0.1, 0.15) is 46.0 Å². The summed E-state index contributed by atoms with van der Waals surface area (Å²) in [6.45, 7) is 4.79. The van der Waals surface area contributed by atoms with E-state index in [9.17, 15) is 0 Å². The van der Waals surface area contributed by atoms with Crippen molar-refractivity contribution >= 4 is 0 Å². The monoisotopic (exact) mass is 152 g/mol. The Labute approximate surface area is 70.4 Å². The molecule has 0 spiro atoms. The molecule has 4 unspecified atom stereocenters. The van der Waals surface area contributed by atoms with Crippen LogP contribution in [-0.2, 0) is 0 Å². The van der Waals surface area contributed by atoms with Gasteiger partial charge in [0, 0.05) is 0 Å². The van der Waals surface area contributed by atoms with Gasteiger partial charge in [0.05, 0.1) is 0 Å². The molecule has 0 amide bonds. The number of rotatable bonds is 1. The zero-order valence-corrected chi connectivity index (χ0v) is 7.84. The van der Waals surface area contributed by atoms with Crippen LogP contribution in [-0.4, -0.2) is 0 Å². The minimum absolute atomic E-state index is 1.03. The first-order chi connectivity index (χ1) is 5.31. The molecule has 0 aromatic heterocycles. The van der Waals surface area contributed by atoms with E-state index < -0.39 is 0 Å². The fourth-order valence-electron chi connectivity index (χ4n) is 3.19. The Hall–Kier alpha value is 0. The molecule has 0 bridgehead atoms. The zero-order valence-electron chi connectivity index (χ0n) is 7.84. The summed E-state index contributed by atoms with van der Waals surface area (Å²) in [5.41, 5.74) is 0. The number of hydrogen-bond acceptors (Lipinski definition) is 0. The highest BCUT2D eigenvalue weighted by molar-refractivity contribution is 4.92. The van der Waals surface area contributed by atoms with Crippen molar-refractivity contribution in [1.29, 1.82) is 0 Å². The van der Waals surface area contributed by atoms with Gasteiger partial charge in [0.1, 0.15) is 0 Å². The van der Waals surface area contributed by atoms with Gasteiger partial charge in [-0.25, -0.2) is 0 Å². The van der Waals surface area contributed by atoms with Crippen LogP contribution in [0.25, 0.3) is 0 Å². The van der Waals surface area contributed by atoms with Crippen LogP contribution in [0.2, 0.25) is 0 Å². The maximum absolute atomic E-state index is 2.43. The lowest BCUT2D eigenvalue weighted by Gasteiger charge is -2.49. The molecule has 11 heavy (non-hydrogen) atoms. The van der Waals surface area contributed by atoms with Gasteiger partial charge in [0.15, 0.2) is 0 Å². The van der Waals surface area contributed by atoms with E-state index in [0.29, 0.717) is 0 Å². The van der Waals surface area contributed by atoms with E-state index in [2.05, 4.69) is 13.8 Å². The smallest absolute Gasteiger partial charge is 0.0355 e. The molecule has 0 aliphatic heterocycles. The molecule has 2 fully saturated rings. The summed E-state index contributed by atoms with van der Waals surface area (Å²) >= 11 is 0. The molecule has 2 rings (SSSR count). The van der Waals surface area contributed by atoms with Gasteiger partial charge in [-0.3, -0.25) is 0 Å². The highest BCUT2D eigenvalue weighted by Gasteiger charge is 2.42. The van der Waals surface area contributed by atoms with Crippen molar-refractivity contribution in [3.05, 3.63) is 0 Å². The van der Waals surface area contributed by atoms with Crippen LogP contribution in [0.5, 0.6) is 0 Å². The van der Waals surface area contributed by atoms with Gasteiger partial charge in [-0.05, 0) is 42.9 Å². The van der Waals surface area contributed by atoms with E-state index in [0.717, 1.165) is 23.7 Å². The molecule has 0 heteroatoms. The molecule has 4 atom stereocenters. The van der Waals surface area contributed by atoms with Crippen molar-refractivity contribution in [2.24, 2.45) is 23.7 Å². The minimum Gasteiger partial charge on any atom is -0.0651 e. The van der Waals surface area contributed by atoms with E-state index in [1.165, 1.54) is 12.8 Å². The van der Waals surface area contributed by atoms with Crippen molar-refractivity contribution in [1.82, 2.24) is 0 Å². The first kappa shape index (κ1) is 7.64. The first-order valence-corrected chi connectivity index (χ1v) is 5.31. The Balaban J connectivity index is 1.91. The van der Waals surface area contributed by atoms with Gasteiger partial charge in [0.25, 0.3) is 0 Å². The number of hydrogen-bond donors (Lipinski definition) is 0. The predicted molar refractivity (Wildman–Crippen MR) is 48.4 cm³/mol. The lowest BCUT2D eigenvalue weighted by Crippen LogP contribution is -2.40. The van der Waals surface area contributed by atoms with E-state index in [1.54, 1.807) is 19.3 Å². The Morgan fingerprint density at radius 1 is 1.18 bits per heavy atom. The summed E-state index contributed by atoms with van der Waals surface area (Å²) in [6.07, 6.45) is 7.60. The third-order valence-corrected chi connectivity index (χ3v) is 4.05. The molecule has 0 N–H and O–H groups in total. The summed E-state index contributed by atoms with van der Waals surface area (Å²) in [5, 5.41) is 0. The van der Waals surface area contributed by atoms with Crippen LogP contribution >= 0.6 is 0 Å². The molecule has 0 radical (unpaired) electrons. The van der Waals surface area contributed by atoms with Gasteiger partial charge in [-0.2, -0.15) is 0 Å². The normalized spacial score (nSPS) is 49.6. The highest BCUT2D eigenvalue weighted by Crippen LogP contribution is 2.51. The molecule has 0 aromatic rings. The summed E-state index contributed by atoms with van der Waals surface area (Å²) < 4.78 is 0. The third-order valence-electron chi connectivity index (χ3n) is 4.05. The lowest BCUT2D eigenvalue weighted by molar-refractivity contribution is 0.00749. The van der Waals surface area contributed by atoms with E-state index >= 15 is 0 Å². The molecular weight excluding hydrogens is 132 g/mol. The van der Waals surface area contributed by atoms with Crippen molar-refractivity contribution in [2.75, 3.05) is 0 Å². The third kappa shape index (κ3) is 1.21. The average molecular weight is 152 g/mol. The lowest BCUT2D eigenvalue weighted by atomic mass is 9.56. The Kier molecular flexibility index (Phi) is 1.95. The van der Waals surface area contributed by atoms with Crippen molar-refractivity contribution in [3.8, 4) is 0 Å². The van der Waals surface area contributed by atoms with Gasteiger partial charge in [-0.15, -0.1) is 0 Å². The second-order valence-corrected chi connectivity index (χ2v) is 4.75. The van der Waals surface area contributed by atoms with Crippen molar-refractivity contribution in [2.45, 2.75) is 46.0 Å². The fourth-order valence-corrected chi connectivity index (χ4v) is 3.19. The van der Waals surface area contributed by atoms with E-state index in [4.69, 9.17) is 0 Å². The molecule has 2 aliphatic rings. The zero-order chi connectivity index (χ0) is 7.84. The maximum atomic E-state index is 2.43. The minimum atomic E-state index is 1.03. The quantitative estimate of drug-likeness (QED) is 0.539. The topological polar surface area (TPSA) is 0 Å². The second kappa shape index (κ2) is 2.80. The van der Waals surface area contributed by atoms with Crippen LogP contribution in [0, 0.1) is 23.7 Å². The summed E-state index contributed by atoms with van der Waals surface area (Å²) in [4.78, 5) is 0. The van der Waals surface area contributed by atoms with Gasteiger partial charge in [-0.1, -0.05) is 26.7 Å². The summed E-state index contributed by atoms with van der Waals surface area (Å²) in [7, 11) is 0. The Morgan fingerprint density at radius 2 is 2.00 bits per heavy atom. The maximum Gasteiger partial charge on any atom is -0.0355 e. The van der Waals surface area contributed by atoms with Crippen LogP contribution in [0.15, 0.2) is 0 Å². The first-order valence-electron chi connectivity index (χ1n) is 5.31. The van der Waals surface area contributed by atoms with Crippen molar-refractivity contribution < 1.29 is 0 Å². The molecule has 0 aromatic carbocycles. The van der Waals surface area contributed by atoms with Crippen LogP contribution < -0.4 is 0 Å². The predicted octanol–water partition coefficient (Wildman–Crippen LogP) is 3.47. The van der Waals surface area contributed by atoms with Gasteiger partial charge in [0.2, 0.25) is 0 Å². The van der Waals surface area contributed by atoms with Gasteiger partial charge < -0.3 is 0 Å². The fraction of sp³-hybridized carbons (Fsp3) is 1.00. The summed E-state index contributed by atoms with van der Waals surface area (Å²) in [6, 6.07) is 0. The number of fused-ring (bicyclic) bond motifs is 1. The molecule has 2 aliphatic carbocycles. The SMILES string of the molecule is CCC1CC2CCC(C)CC12. The van der Waals surface area contributed by atoms with E-state index in [-0.39, 0.29) is 0 Å². The average Bonchev–Trinajstić information content (AvgIpc) is 1.97. The second-order valence-electron chi connectivity index (χ2n) is 4.75. The summed E-state index contributed by atoms with van der Waals surface area (Å²) in [5.74, 6) is 4.44. The van der Waals surface area contributed by atoms with Gasteiger partial charge >= 0.3 is 0 Å². The van der Waals surface area contributed by atoms with Crippen LogP contribution in [0.4, 0.5) is 0 Å². The van der Waals surface area contributed by atoms with E-state index in [1.807, 2.05) is 0 Å². The molecule has 2 saturated carbocycles. The van der Waals surface area contributed by atoms with Crippen LogP contribution in [0.3, 0.4) is 0 Å². The molecule has 0 saturated heterocycles. The largest absolute Gasteiger partial charge is 0.0651 e. The molecule has 0 heterocycles. The standard InChI is InChI=1S/C11H20/c1-3-9-7-10-5-4-8(2)6-11(9)10/h8-11H,3-7H2,1-2H3. The highest BCUT2D eigenvalue weighted by atomic mass is 14.5. The molecular formula is C11H20. The van der Waals surface area contributed by atoms with Crippen molar-refractivity contribution in [3.63, 3.8) is 0 Å². The molecule has 0 nitrogen and oxygen atoms in total. The Morgan fingerprint density at radius 3 is 2.73 bits per heavy atom. The molecule has 64 valence electrons. The Bertz CT molecular complexity index is 132.